The normalized spacial score (nSPS) is 19.1. The van der Waals surface area contributed by atoms with Crippen molar-refractivity contribution in [3.8, 4) is 5.75 Å². The molecule has 1 heterocycles. The number of carbonyl (C=O) groups excluding carboxylic acids is 1. The van der Waals surface area contributed by atoms with Crippen LogP contribution in [0.2, 0.25) is 0 Å². The lowest BCUT2D eigenvalue weighted by molar-refractivity contribution is -0.121. The molecule has 1 fully saturated rings. The highest BCUT2D eigenvalue weighted by molar-refractivity contribution is 6.02. The molecule has 0 bridgehead atoms. The SMILES string of the molecule is COc1cc2c(cc1C(=O)O)NC(=O)C1(CC1)C2. The molecule has 94 valence electrons. The Morgan fingerprint density at radius 3 is 2.72 bits per heavy atom. The monoisotopic (exact) mass is 247 g/mol. The van der Waals surface area contributed by atoms with Gasteiger partial charge in [-0.05, 0) is 37.0 Å². The minimum absolute atomic E-state index is 0.0107. The van der Waals surface area contributed by atoms with Gasteiger partial charge in [-0.3, -0.25) is 4.79 Å². The van der Waals surface area contributed by atoms with Crippen LogP contribution >= 0.6 is 0 Å². The number of methoxy groups -OCH3 is 1. The summed E-state index contributed by atoms with van der Waals surface area (Å²) >= 11 is 0. The van der Waals surface area contributed by atoms with Crippen molar-refractivity contribution in [2.45, 2.75) is 19.3 Å². The first-order valence-corrected chi connectivity index (χ1v) is 5.81. The third-order valence-corrected chi connectivity index (χ3v) is 3.77. The first-order valence-electron chi connectivity index (χ1n) is 5.81. The van der Waals surface area contributed by atoms with E-state index in [9.17, 15) is 9.59 Å². The molecule has 1 aliphatic heterocycles. The number of carboxylic acids is 1. The van der Waals surface area contributed by atoms with Crippen molar-refractivity contribution in [2.24, 2.45) is 5.41 Å². The zero-order valence-electron chi connectivity index (χ0n) is 9.95. The molecule has 1 aliphatic carbocycles. The second-order valence-corrected chi connectivity index (χ2v) is 4.93. The van der Waals surface area contributed by atoms with Gasteiger partial charge < -0.3 is 15.2 Å². The van der Waals surface area contributed by atoms with Gasteiger partial charge in [0.25, 0.3) is 0 Å². The second-order valence-electron chi connectivity index (χ2n) is 4.93. The molecule has 5 nitrogen and oxygen atoms in total. The van der Waals surface area contributed by atoms with Gasteiger partial charge in [-0.25, -0.2) is 4.79 Å². The molecule has 18 heavy (non-hydrogen) atoms. The Kier molecular flexibility index (Phi) is 2.14. The molecular weight excluding hydrogens is 234 g/mol. The average Bonchev–Trinajstić information content (AvgIpc) is 3.10. The molecule has 2 aliphatic rings. The molecule has 1 spiro atoms. The van der Waals surface area contributed by atoms with Crippen LogP contribution in [0, 0.1) is 5.41 Å². The van der Waals surface area contributed by atoms with Crippen LogP contribution in [0.4, 0.5) is 5.69 Å². The number of amides is 1. The smallest absolute Gasteiger partial charge is 0.339 e. The highest BCUT2D eigenvalue weighted by atomic mass is 16.5. The van der Waals surface area contributed by atoms with Crippen molar-refractivity contribution < 1.29 is 19.4 Å². The molecule has 5 heteroatoms. The lowest BCUT2D eigenvalue weighted by Crippen LogP contribution is -2.31. The Morgan fingerprint density at radius 2 is 2.17 bits per heavy atom. The van der Waals surface area contributed by atoms with Crippen molar-refractivity contribution in [2.75, 3.05) is 12.4 Å². The number of hydrogen-bond acceptors (Lipinski definition) is 3. The number of anilines is 1. The zero-order chi connectivity index (χ0) is 12.9. The molecule has 1 amide bonds. The van der Waals surface area contributed by atoms with Gasteiger partial charge in [-0.1, -0.05) is 0 Å². The van der Waals surface area contributed by atoms with E-state index in [0.29, 0.717) is 17.9 Å². The third-order valence-electron chi connectivity index (χ3n) is 3.77. The third kappa shape index (κ3) is 1.47. The van der Waals surface area contributed by atoms with E-state index in [-0.39, 0.29) is 16.9 Å². The van der Waals surface area contributed by atoms with Gasteiger partial charge in [-0.2, -0.15) is 0 Å². The largest absolute Gasteiger partial charge is 0.496 e. The van der Waals surface area contributed by atoms with E-state index < -0.39 is 5.97 Å². The molecule has 0 saturated heterocycles. The quantitative estimate of drug-likeness (QED) is 0.833. The fourth-order valence-corrected chi connectivity index (χ4v) is 2.48. The number of carbonyl (C=O) groups is 2. The van der Waals surface area contributed by atoms with Gasteiger partial charge >= 0.3 is 5.97 Å². The van der Waals surface area contributed by atoms with E-state index in [2.05, 4.69) is 5.32 Å². The summed E-state index contributed by atoms with van der Waals surface area (Å²) in [4.78, 5) is 23.0. The first-order chi connectivity index (χ1) is 8.55. The number of fused-ring (bicyclic) bond motifs is 1. The van der Waals surface area contributed by atoms with Crippen LogP contribution in [0.5, 0.6) is 5.75 Å². The topological polar surface area (TPSA) is 75.6 Å². The van der Waals surface area contributed by atoms with Gasteiger partial charge in [0, 0.05) is 5.69 Å². The fourth-order valence-electron chi connectivity index (χ4n) is 2.48. The van der Waals surface area contributed by atoms with Crippen LogP contribution in [-0.2, 0) is 11.2 Å². The fraction of sp³-hybridized carbons (Fsp3) is 0.385. The summed E-state index contributed by atoms with van der Waals surface area (Å²) in [5.74, 6) is -0.708. The number of rotatable bonds is 2. The average molecular weight is 247 g/mol. The molecule has 0 radical (unpaired) electrons. The van der Waals surface area contributed by atoms with Crippen molar-refractivity contribution >= 4 is 17.6 Å². The van der Waals surface area contributed by atoms with E-state index >= 15 is 0 Å². The highest BCUT2D eigenvalue weighted by Crippen LogP contribution is 2.53. The second kappa shape index (κ2) is 3.48. The maximum atomic E-state index is 11.9. The van der Waals surface area contributed by atoms with Crippen molar-refractivity contribution in [1.82, 2.24) is 0 Å². The number of nitrogens with one attached hydrogen (secondary N) is 1. The van der Waals surface area contributed by atoms with Crippen LogP contribution in [0.3, 0.4) is 0 Å². The maximum Gasteiger partial charge on any atom is 0.339 e. The molecule has 2 N–H and O–H groups in total. The Balaban J connectivity index is 2.09. The van der Waals surface area contributed by atoms with E-state index in [4.69, 9.17) is 9.84 Å². The van der Waals surface area contributed by atoms with E-state index in [1.165, 1.54) is 13.2 Å². The summed E-state index contributed by atoms with van der Waals surface area (Å²) in [6, 6.07) is 3.20. The molecule has 0 unspecified atom stereocenters. The molecule has 1 aromatic carbocycles. The van der Waals surface area contributed by atoms with Crippen LogP contribution in [0.1, 0.15) is 28.8 Å². The van der Waals surface area contributed by atoms with Crippen LogP contribution in [0.25, 0.3) is 0 Å². The van der Waals surface area contributed by atoms with Gasteiger partial charge in [-0.15, -0.1) is 0 Å². The maximum absolute atomic E-state index is 11.9. The predicted molar refractivity (Wildman–Crippen MR) is 64.0 cm³/mol. The Hall–Kier alpha value is -2.04. The zero-order valence-corrected chi connectivity index (χ0v) is 9.95. The molecule has 1 saturated carbocycles. The standard InChI is InChI=1S/C13H13NO4/c1-18-10-4-7-6-13(2-3-13)12(17)14-9(7)5-8(10)11(15)16/h4-5H,2-3,6H2,1H3,(H,14,17)(H,15,16). The minimum atomic E-state index is -1.06. The first kappa shape index (κ1) is 11.1. The molecule has 0 aromatic heterocycles. The van der Waals surface area contributed by atoms with E-state index in [1.54, 1.807) is 6.07 Å². The number of aromatic carboxylic acids is 1. The number of hydrogen-bond donors (Lipinski definition) is 2. The summed E-state index contributed by atoms with van der Waals surface area (Å²) in [5.41, 5.74) is 1.37. The Bertz CT molecular complexity index is 560. The van der Waals surface area contributed by atoms with Crippen molar-refractivity contribution in [3.63, 3.8) is 0 Å². The highest BCUT2D eigenvalue weighted by Gasteiger charge is 2.52. The Labute approximate surface area is 104 Å². The van der Waals surface area contributed by atoms with E-state index in [0.717, 1.165) is 18.4 Å². The molecular formula is C13H13NO4. The number of ether oxygens (including phenoxy) is 1. The Morgan fingerprint density at radius 1 is 1.44 bits per heavy atom. The minimum Gasteiger partial charge on any atom is -0.496 e. The lowest BCUT2D eigenvalue weighted by Gasteiger charge is -2.25. The molecule has 0 atom stereocenters. The van der Waals surface area contributed by atoms with Crippen LogP contribution in [0.15, 0.2) is 12.1 Å². The number of carboxylic acid groups (broad SMARTS) is 1. The molecule has 3 rings (SSSR count). The number of benzene rings is 1. The summed E-state index contributed by atoms with van der Waals surface area (Å²) in [7, 11) is 1.45. The van der Waals surface area contributed by atoms with Crippen LogP contribution < -0.4 is 10.1 Å². The van der Waals surface area contributed by atoms with Gasteiger partial charge in [0.2, 0.25) is 5.91 Å². The molecule has 1 aromatic rings. The van der Waals surface area contributed by atoms with Crippen LogP contribution in [-0.4, -0.2) is 24.1 Å². The van der Waals surface area contributed by atoms with Crippen molar-refractivity contribution in [1.29, 1.82) is 0 Å². The summed E-state index contributed by atoms with van der Waals surface area (Å²) in [6.45, 7) is 0. The lowest BCUT2D eigenvalue weighted by atomic mass is 9.89. The summed E-state index contributed by atoms with van der Waals surface area (Å²) < 4.78 is 5.09. The van der Waals surface area contributed by atoms with Crippen molar-refractivity contribution in [3.05, 3.63) is 23.3 Å². The van der Waals surface area contributed by atoms with Gasteiger partial charge in [0.1, 0.15) is 11.3 Å². The predicted octanol–water partition coefficient (Wildman–Crippen LogP) is 1.67. The summed E-state index contributed by atoms with van der Waals surface area (Å²) in [6.07, 6.45) is 2.48. The summed E-state index contributed by atoms with van der Waals surface area (Å²) in [5, 5.41) is 11.9. The van der Waals surface area contributed by atoms with Gasteiger partial charge in [0.15, 0.2) is 0 Å². The van der Waals surface area contributed by atoms with E-state index in [1.807, 2.05) is 0 Å². The van der Waals surface area contributed by atoms with Gasteiger partial charge in [0.05, 0.1) is 12.5 Å².